The summed E-state index contributed by atoms with van der Waals surface area (Å²) in [6.07, 6.45) is -1.29. The molecular formula is C12H17FO3S. The van der Waals surface area contributed by atoms with Crippen LogP contribution in [0, 0.1) is 12.3 Å². The van der Waals surface area contributed by atoms with Gasteiger partial charge in [-0.15, -0.1) is 0 Å². The highest BCUT2D eigenvalue weighted by molar-refractivity contribution is 7.85. The summed E-state index contributed by atoms with van der Waals surface area (Å²) in [5.41, 5.74) is 0.343. The molecule has 0 aliphatic heterocycles. The van der Waals surface area contributed by atoms with Gasteiger partial charge in [-0.1, -0.05) is 26.8 Å². The first-order chi connectivity index (χ1) is 7.53. The standard InChI is InChI=1S/C12H17FO3S/c1-8-5-6-9(17(14,15)16)7-10(8)11(13)12(2,3)4/h5-7,11H,1-4H3,(H,14,15,16). The lowest BCUT2D eigenvalue weighted by Gasteiger charge is -2.25. The molecule has 0 aromatic heterocycles. The second-order valence-electron chi connectivity index (χ2n) is 5.22. The third-order valence-electron chi connectivity index (χ3n) is 2.58. The van der Waals surface area contributed by atoms with Crippen molar-refractivity contribution in [3.8, 4) is 0 Å². The lowest BCUT2D eigenvalue weighted by molar-refractivity contribution is 0.164. The van der Waals surface area contributed by atoms with Gasteiger partial charge in [0.1, 0.15) is 6.17 Å². The van der Waals surface area contributed by atoms with Gasteiger partial charge in [-0.3, -0.25) is 4.55 Å². The maximum absolute atomic E-state index is 14.2. The molecule has 0 bridgehead atoms. The predicted molar refractivity (Wildman–Crippen MR) is 64.3 cm³/mol. The summed E-state index contributed by atoms with van der Waals surface area (Å²) in [5, 5.41) is 0. The van der Waals surface area contributed by atoms with Gasteiger partial charge in [0, 0.05) is 0 Å². The van der Waals surface area contributed by atoms with Crippen LogP contribution in [-0.4, -0.2) is 13.0 Å². The van der Waals surface area contributed by atoms with Crippen LogP contribution in [0.15, 0.2) is 23.1 Å². The minimum absolute atomic E-state index is 0.273. The van der Waals surface area contributed by atoms with Crippen LogP contribution in [0.4, 0.5) is 4.39 Å². The van der Waals surface area contributed by atoms with E-state index in [9.17, 15) is 12.8 Å². The van der Waals surface area contributed by atoms with Gasteiger partial charge in [0.15, 0.2) is 0 Å². The highest BCUT2D eigenvalue weighted by Gasteiger charge is 2.28. The third kappa shape index (κ3) is 3.26. The van der Waals surface area contributed by atoms with E-state index in [2.05, 4.69) is 0 Å². The van der Waals surface area contributed by atoms with Crippen molar-refractivity contribution in [3.05, 3.63) is 29.3 Å². The van der Waals surface area contributed by atoms with Gasteiger partial charge >= 0.3 is 0 Å². The summed E-state index contributed by atoms with van der Waals surface area (Å²) in [6, 6.07) is 3.96. The summed E-state index contributed by atoms with van der Waals surface area (Å²) in [6.45, 7) is 6.91. The maximum atomic E-state index is 14.2. The molecule has 1 aromatic rings. The molecule has 0 aliphatic carbocycles. The van der Waals surface area contributed by atoms with E-state index in [1.54, 1.807) is 27.7 Å². The molecule has 0 radical (unpaired) electrons. The Morgan fingerprint density at radius 1 is 1.29 bits per heavy atom. The zero-order valence-corrected chi connectivity index (χ0v) is 11.2. The molecule has 17 heavy (non-hydrogen) atoms. The highest BCUT2D eigenvalue weighted by Crippen LogP contribution is 2.38. The summed E-state index contributed by atoms with van der Waals surface area (Å²) < 4.78 is 45.1. The number of alkyl halides is 1. The fourth-order valence-electron chi connectivity index (χ4n) is 1.52. The van der Waals surface area contributed by atoms with Gasteiger partial charge < -0.3 is 0 Å². The molecule has 1 aromatic carbocycles. The number of aryl methyl sites for hydroxylation is 1. The van der Waals surface area contributed by atoms with Crippen molar-refractivity contribution < 1.29 is 17.4 Å². The summed E-state index contributed by atoms with van der Waals surface area (Å²) >= 11 is 0. The van der Waals surface area contributed by atoms with E-state index >= 15 is 0 Å². The van der Waals surface area contributed by atoms with Crippen molar-refractivity contribution >= 4 is 10.1 Å². The van der Waals surface area contributed by atoms with Crippen LogP contribution in [0.2, 0.25) is 0 Å². The van der Waals surface area contributed by atoms with Gasteiger partial charge in [0.05, 0.1) is 4.90 Å². The first-order valence-electron chi connectivity index (χ1n) is 5.25. The molecular weight excluding hydrogens is 243 g/mol. The van der Waals surface area contributed by atoms with Gasteiger partial charge in [-0.05, 0) is 35.6 Å². The van der Waals surface area contributed by atoms with E-state index in [1.165, 1.54) is 18.2 Å². The fraction of sp³-hybridized carbons (Fsp3) is 0.500. The first kappa shape index (κ1) is 14.1. The quantitative estimate of drug-likeness (QED) is 0.830. The van der Waals surface area contributed by atoms with Crippen molar-refractivity contribution in [2.24, 2.45) is 5.41 Å². The molecule has 0 saturated heterocycles. The number of hydrogen-bond donors (Lipinski definition) is 1. The van der Waals surface area contributed by atoms with Gasteiger partial charge in [-0.2, -0.15) is 8.42 Å². The van der Waals surface area contributed by atoms with Crippen molar-refractivity contribution in [2.75, 3.05) is 0 Å². The van der Waals surface area contributed by atoms with Crippen LogP contribution >= 0.6 is 0 Å². The molecule has 0 fully saturated rings. The minimum atomic E-state index is -4.29. The maximum Gasteiger partial charge on any atom is 0.294 e. The topological polar surface area (TPSA) is 54.4 Å². The Kier molecular flexibility index (Phi) is 3.64. The Balaban J connectivity index is 3.35. The van der Waals surface area contributed by atoms with Crippen molar-refractivity contribution in [3.63, 3.8) is 0 Å². The zero-order chi connectivity index (χ0) is 13.4. The molecule has 0 amide bonds. The van der Waals surface area contributed by atoms with Crippen LogP contribution in [0.25, 0.3) is 0 Å². The van der Waals surface area contributed by atoms with E-state index in [1.807, 2.05) is 0 Å². The molecule has 0 saturated carbocycles. The Morgan fingerprint density at radius 2 is 1.82 bits per heavy atom. The lowest BCUT2D eigenvalue weighted by Crippen LogP contribution is -2.15. The largest absolute Gasteiger partial charge is 0.294 e. The molecule has 96 valence electrons. The van der Waals surface area contributed by atoms with Crippen molar-refractivity contribution in [2.45, 2.75) is 38.8 Å². The molecule has 0 aliphatic rings. The normalized spacial score (nSPS) is 14.7. The minimum Gasteiger partial charge on any atom is -0.282 e. The second-order valence-corrected chi connectivity index (χ2v) is 6.64. The highest BCUT2D eigenvalue weighted by atomic mass is 32.2. The number of hydrogen-bond acceptors (Lipinski definition) is 2. The smallest absolute Gasteiger partial charge is 0.282 e. The van der Waals surface area contributed by atoms with Crippen LogP contribution in [0.3, 0.4) is 0 Å². The van der Waals surface area contributed by atoms with Gasteiger partial charge in [-0.25, -0.2) is 4.39 Å². The van der Waals surface area contributed by atoms with Crippen molar-refractivity contribution in [1.29, 1.82) is 0 Å². The molecule has 3 nitrogen and oxygen atoms in total. The molecule has 1 rings (SSSR count). The van der Waals surface area contributed by atoms with E-state index in [0.717, 1.165) is 0 Å². The fourth-order valence-corrected chi connectivity index (χ4v) is 2.03. The second kappa shape index (κ2) is 4.38. The molecule has 0 spiro atoms. The molecule has 5 heteroatoms. The summed E-state index contributed by atoms with van der Waals surface area (Å²) in [5.74, 6) is 0. The van der Waals surface area contributed by atoms with E-state index in [0.29, 0.717) is 11.1 Å². The van der Waals surface area contributed by atoms with E-state index in [-0.39, 0.29) is 4.90 Å². The van der Waals surface area contributed by atoms with Crippen LogP contribution in [0.5, 0.6) is 0 Å². The van der Waals surface area contributed by atoms with Crippen molar-refractivity contribution in [1.82, 2.24) is 0 Å². The zero-order valence-electron chi connectivity index (χ0n) is 10.4. The number of rotatable bonds is 2. The van der Waals surface area contributed by atoms with Crippen LogP contribution in [0.1, 0.15) is 38.1 Å². The van der Waals surface area contributed by atoms with E-state index in [4.69, 9.17) is 4.55 Å². The predicted octanol–water partition coefficient (Wildman–Crippen LogP) is 3.30. The third-order valence-corrected chi connectivity index (χ3v) is 3.43. The monoisotopic (exact) mass is 260 g/mol. The average Bonchev–Trinajstić information content (AvgIpc) is 2.14. The Hall–Kier alpha value is -0.940. The lowest BCUT2D eigenvalue weighted by atomic mass is 9.84. The number of benzene rings is 1. The van der Waals surface area contributed by atoms with Crippen LogP contribution in [-0.2, 0) is 10.1 Å². The van der Waals surface area contributed by atoms with Gasteiger partial charge in [0.25, 0.3) is 10.1 Å². The Bertz CT molecular complexity index is 515. The van der Waals surface area contributed by atoms with Gasteiger partial charge in [0.2, 0.25) is 0 Å². The van der Waals surface area contributed by atoms with E-state index < -0.39 is 21.7 Å². The Labute approximate surface area is 101 Å². The molecule has 0 heterocycles. The SMILES string of the molecule is Cc1ccc(S(=O)(=O)O)cc1C(F)C(C)(C)C. The number of halogens is 1. The summed E-state index contributed by atoms with van der Waals surface area (Å²) in [7, 11) is -4.29. The first-order valence-corrected chi connectivity index (χ1v) is 6.69. The summed E-state index contributed by atoms with van der Waals surface area (Å²) in [4.78, 5) is -0.273. The Morgan fingerprint density at radius 3 is 2.24 bits per heavy atom. The molecule has 1 atom stereocenters. The van der Waals surface area contributed by atoms with Crippen LogP contribution < -0.4 is 0 Å². The molecule has 1 N–H and O–H groups in total. The molecule has 1 unspecified atom stereocenters. The average molecular weight is 260 g/mol.